The highest BCUT2D eigenvalue weighted by Crippen LogP contribution is 2.39. The average Bonchev–Trinajstić information content (AvgIpc) is 3.73. The van der Waals surface area contributed by atoms with E-state index in [4.69, 9.17) is 32.7 Å². The molecule has 1 aliphatic carbocycles. The van der Waals surface area contributed by atoms with Gasteiger partial charge in [0.1, 0.15) is 16.1 Å². The minimum Gasteiger partial charge on any atom is -0.619 e. The summed E-state index contributed by atoms with van der Waals surface area (Å²) in [6.07, 6.45) is 2.94. The number of alkyl halides is 2. The number of aromatic nitrogens is 1. The van der Waals surface area contributed by atoms with Gasteiger partial charge in [-0.15, -0.1) is 11.8 Å². The van der Waals surface area contributed by atoms with Gasteiger partial charge in [-0.05, 0) is 54.7 Å². The highest BCUT2D eigenvalue weighted by Gasteiger charge is 2.38. The molecule has 1 saturated carbocycles. The number of benzene rings is 2. The molecule has 1 aromatic heterocycles. The lowest BCUT2D eigenvalue weighted by molar-refractivity contribution is -0.605. The molecule has 1 saturated heterocycles. The van der Waals surface area contributed by atoms with Crippen molar-refractivity contribution in [2.45, 2.75) is 37.4 Å². The quantitative estimate of drug-likeness (QED) is 0.133. The molecule has 2 atom stereocenters. The van der Waals surface area contributed by atoms with Crippen molar-refractivity contribution in [2.24, 2.45) is 5.92 Å². The van der Waals surface area contributed by atoms with Crippen molar-refractivity contribution in [1.82, 2.24) is 9.80 Å². The first-order valence-corrected chi connectivity index (χ1v) is 16.4. The zero-order valence-electron chi connectivity index (χ0n) is 25.4. The van der Waals surface area contributed by atoms with Crippen LogP contribution >= 0.6 is 35.0 Å². The lowest BCUT2D eigenvalue weighted by Gasteiger charge is -2.26. The molecular weight excluding hydrogens is 679 g/mol. The number of hydrogen-bond acceptors (Lipinski definition) is 8. The second-order valence-corrected chi connectivity index (χ2v) is 13.3. The largest absolute Gasteiger partial charge is 0.619 e. The molecular formula is C32H31Cl2F2N3O7S. The lowest BCUT2D eigenvalue weighted by atomic mass is 10.0. The summed E-state index contributed by atoms with van der Waals surface area (Å²) in [6.45, 7) is -2.55. The predicted octanol–water partition coefficient (Wildman–Crippen LogP) is 5.76. The first-order chi connectivity index (χ1) is 22.4. The van der Waals surface area contributed by atoms with Gasteiger partial charge in [-0.1, -0.05) is 35.3 Å². The summed E-state index contributed by atoms with van der Waals surface area (Å²) in [4.78, 5) is 42.7. The Balaban J connectivity index is 1.44. The summed E-state index contributed by atoms with van der Waals surface area (Å²) in [5.74, 6) is -0.876. The molecule has 47 heavy (non-hydrogen) atoms. The van der Waals surface area contributed by atoms with E-state index in [0.717, 1.165) is 25.2 Å². The van der Waals surface area contributed by atoms with Gasteiger partial charge in [0.15, 0.2) is 29.3 Å². The highest BCUT2D eigenvalue weighted by molar-refractivity contribution is 8.00. The maximum Gasteiger partial charge on any atom is 0.387 e. The van der Waals surface area contributed by atoms with Crippen molar-refractivity contribution in [3.05, 3.63) is 92.4 Å². The summed E-state index contributed by atoms with van der Waals surface area (Å²) in [7, 11) is 3.21. The first-order valence-electron chi connectivity index (χ1n) is 14.6. The Morgan fingerprint density at radius 2 is 1.77 bits per heavy atom. The van der Waals surface area contributed by atoms with E-state index in [1.165, 1.54) is 45.8 Å². The fourth-order valence-electron chi connectivity index (χ4n) is 4.94. The predicted molar refractivity (Wildman–Crippen MR) is 171 cm³/mol. The fraction of sp³-hybridized carbons (Fsp3) is 0.375. The molecule has 15 heteroatoms. The Hall–Kier alpha value is -3.81. The van der Waals surface area contributed by atoms with E-state index >= 15 is 0 Å². The van der Waals surface area contributed by atoms with E-state index in [9.17, 15) is 28.4 Å². The minimum absolute atomic E-state index is 0.0237. The summed E-state index contributed by atoms with van der Waals surface area (Å²) in [5, 5.41) is 10.9. The van der Waals surface area contributed by atoms with Gasteiger partial charge in [0.2, 0.25) is 0 Å². The number of hydrogen-bond donors (Lipinski definition) is 0. The van der Waals surface area contributed by atoms with Gasteiger partial charge in [0.05, 0.1) is 6.61 Å². The van der Waals surface area contributed by atoms with Crippen LogP contribution in [0, 0.1) is 11.1 Å². The van der Waals surface area contributed by atoms with E-state index in [0.29, 0.717) is 39.7 Å². The van der Waals surface area contributed by atoms with Crippen LogP contribution in [-0.2, 0) is 16.0 Å². The molecule has 2 amide bonds. The van der Waals surface area contributed by atoms with Gasteiger partial charge in [-0.2, -0.15) is 13.5 Å². The topological polar surface area (TPSA) is 112 Å². The van der Waals surface area contributed by atoms with Crippen LogP contribution < -0.4 is 14.2 Å². The van der Waals surface area contributed by atoms with E-state index in [1.54, 1.807) is 32.3 Å². The zero-order chi connectivity index (χ0) is 33.8. The highest BCUT2D eigenvalue weighted by atomic mass is 35.5. The molecule has 2 heterocycles. The van der Waals surface area contributed by atoms with Gasteiger partial charge in [0.25, 0.3) is 11.8 Å². The second-order valence-electron chi connectivity index (χ2n) is 11.3. The Bertz CT molecular complexity index is 1640. The van der Waals surface area contributed by atoms with Gasteiger partial charge >= 0.3 is 12.6 Å². The van der Waals surface area contributed by atoms with Crippen molar-refractivity contribution in [3.63, 3.8) is 0 Å². The maximum absolute atomic E-state index is 13.8. The number of pyridine rings is 1. The van der Waals surface area contributed by atoms with Crippen molar-refractivity contribution in [2.75, 3.05) is 33.0 Å². The minimum atomic E-state index is -3.09. The number of nitrogens with zero attached hydrogens (tertiary/aromatic N) is 3. The Kier molecular flexibility index (Phi) is 11.0. The van der Waals surface area contributed by atoms with Gasteiger partial charge in [-0.25, -0.2) is 4.79 Å². The maximum atomic E-state index is 13.8. The zero-order valence-corrected chi connectivity index (χ0v) is 27.7. The van der Waals surface area contributed by atoms with Crippen LogP contribution in [-0.4, -0.2) is 72.6 Å². The summed E-state index contributed by atoms with van der Waals surface area (Å²) >= 11 is 13.9. The molecule has 3 aromatic rings. The van der Waals surface area contributed by atoms with Gasteiger partial charge in [0, 0.05) is 49.5 Å². The number of halogens is 4. The van der Waals surface area contributed by atoms with Crippen LogP contribution in [0.4, 0.5) is 8.78 Å². The first kappa shape index (κ1) is 34.5. The molecule has 0 bridgehead atoms. The SMILES string of the molecule is CN(C)C(=O)c1cccc(C(=O)N2CCS[C@H]2C(=O)O[C@@H](Cc2c(Cl)c[n+]([O-])cc2Cl)c2ccc(OC(F)F)c(OCC3CC3)c2)c1. The molecule has 5 rings (SSSR count). The Labute approximate surface area is 284 Å². The van der Waals surface area contributed by atoms with Crippen LogP contribution in [0.15, 0.2) is 54.9 Å². The Morgan fingerprint density at radius 3 is 2.43 bits per heavy atom. The van der Waals surface area contributed by atoms with E-state index in [-0.39, 0.29) is 46.0 Å². The lowest BCUT2D eigenvalue weighted by Crippen LogP contribution is -2.41. The molecule has 2 aliphatic rings. The smallest absolute Gasteiger partial charge is 0.387 e. The van der Waals surface area contributed by atoms with Crippen LogP contribution in [0.3, 0.4) is 0 Å². The molecule has 0 unspecified atom stereocenters. The van der Waals surface area contributed by atoms with Gasteiger partial charge in [-0.3, -0.25) is 9.59 Å². The number of rotatable bonds is 12. The summed E-state index contributed by atoms with van der Waals surface area (Å²) in [5.41, 5.74) is 1.21. The molecule has 10 nitrogen and oxygen atoms in total. The third kappa shape index (κ3) is 8.57. The molecule has 250 valence electrons. The number of amides is 2. The standard InChI is InChI=1S/C32H31Cl2F2N3O7S/c1-37(2)28(40)20-4-3-5-21(12-20)29(41)39-10-11-47-30(39)31(42)45-26(14-22-23(33)15-38(43)16-24(22)34)19-8-9-25(46-32(35)36)27(13-19)44-17-18-6-7-18/h3-5,8-9,12-13,15-16,18,26,30,32H,6-7,10-11,14,17H2,1-2H3/t26-,30-/m0/s1. The monoisotopic (exact) mass is 709 g/mol. The number of ether oxygens (including phenoxy) is 3. The van der Waals surface area contributed by atoms with E-state index in [1.807, 2.05) is 0 Å². The molecule has 1 aliphatic heterocycles. The fourth-order valence-corrected chi connectivity index (χ4v) is 6.64. The molecule has 0 radical (unpaired) electrons. The summed E-state index contributed by atoms with van der Waals surface area (Å²) in [6, 6.07) is 10.4. The number of thioether (sulfide) groups is 1. The van der Waals surface area contributed by atoms with Crippen LogP contribution in [0.25, 0.3) is 0 Å². The third-order valence-corrected chi connectivity index (χ3v) is 9.38. The summed E-state index contributed by atoms with van der Waals surface area (Å²) < 4.78 is 43.3. The molecule has 2 fully saturated rings. The van der Waals surface area contributed by atoms with Gasteiger partial charge < -0.3 is 29.2 Å². The number of carbonyl (C=O) groups is 3. The molecule has 0 spiro atoms. The molecule has 0 N–H and O–H groups in total. The van der Waals surface area contributed by atoms with Crippen molar-refractivity contribution in [3.8, 4) is 11.5 Å². The van der Waals surface area contributed by atoms with Crippen molar-refractivity contribution in [1.29, 1.82) is 0 Å². The number of carbonyl (C=O) groups excluding carboxylic acids is 3. The Morgan fingerprint density at radius 1 is 1.06 bits per heavy atom. The van der Waals surface area contributed by atoms with E-state index in [2.05, 4.69) is 4.74 Å². The van der Waals surface area contributed by atoms with Crippen LogP contribution in [0.5, 0.6) is 11.5 Å². The second kappa shape index (κ2) is 15.0. The third-order valence-electron chi connectivity index (χ3n) is 7.55. The van der Waals surface area contributed by atoms with Crippen LogP contribution in [0.1, 0.15) is 50.8 Å². The molecule has 2 aromatic carbocycles. The van der Waals surface area contributed by atoms with E-state index < -0.39 is 30.0 Å². The number of esters is 1. The van der Waals surface area contributed by atoms with Crippen molar-refractivity contribution < 1.29 is 42.1 Å². The average molecular weight is 711 g/mol. The van der Waals surface area contributed by atoms with Crippen LogP contribution in [0.2, 0.25) is 10.0 Å². The van der Waals surface area contributed by atoms with Crippen molar-refractivity contribution >= 4 is 52.7 Å². The normalized spacial score (nSPS) is 16.6.